The maximum atomic E-state index is 13.1. The molecule has 1 N–H and O–H groups in total. The van der Waals surface area contributed by atoms with Gasteiger partial charge in [-0.3, -0.25) is 9.69 Å². The Hall–Kier alpha value is -2.11. The second-order valence-electron chi connectivity index (χ2n) is 6.62. The molecule has 138 valence electrons. The molecule has 6 heteroatoms. The summed E-state index contributed by atoms with van der Waals surface area (Å²) in [6.45, 7) is 5.64. The average molecular weight is 376 g/mol. The van der Waals surface area contributed by atoms with Crippen molar-refractivity contribution in [1.29, 1.82) is 0 Å². The van der Waals surface area contributed by atoms with Gasteiger partial charge in [0.25, 0.3) is 0 Å². The number of rotatable bonds is 4. The largest absolute Gasteiger partial charge is 0.370 e. The average Bonchev–Trinajstić information content (AvgIpc) is 2.84. The number of nitrogens with one attached hydrogen (secondary N) is 1. The van der Waals surface area contributed by atoms with Gasteiger partial charge in [0, 0.05) is 31.9 Å². The number of amides is 1. The fraction of sp³-hybridized carbons (Fsp3) is 0.350. The lowest BCUT2D eigenvalue weighted by Gasteiger charge is -2.23. The van der Waals surface area contributed by atoms with Crippen molar-refractivity contribution >= 4 is 28.9 Å². The summed E-state index contributed by atoms with van der Waals surface area (Å²) in [5.74, 6) is -0.289. The van der Waals surface area contributed by atoms with Gasteiger partial charge < -0.3 is 10.2 Å². The molecule has 0 saturated carbocycles. The highest BCUT2D eigenvalue weighted by atomic mass is 35.5. The smallest absolute Gasteiger partial charge is 0.238 e. The number of carbonyl (C=O) groups excluding carboxylic acids is 1. The normalized spacial score (nSPS) is 15.6. The van der Waals surface area contributed by atoms with E-state index in [2.05, 4.69) is 15.1 Å². The van der Waals surface area contributed by atoms with Gasteiger partial charge in [0.2, 0.25) is 5.91 Å². The Balaban J connectivity index is 1.54. The van der Waals surface area contributed by atoms with E-state index < -0.39 is 0 Å². The summed E-state index contributed by atoms with van der Waals surface area (Å²) < 4.78 is 13.1. The van der Waals surface area contributed by atoms with E-state index in [9.17, 15) is 9.18 Å². The molecule has 1 fully saturated rings. The lowest BCUT2D eigenvalue weighted by molar-refractivity contribution is -0.117. The molecule has 0 unspecified atom stereocenters. The molecule has 1 aliphatic rings. The van der Waals surface area contributed by atoms with Gasteiger partial charge in [-0.15, -0.1) is 0 Å². The molecule has 1 saturated heterocycles. The van der Waals surface area contributed by atoms with Crippen LogP contribution in [0.25, 0.3) is 0 Å². The highest BCUT2D eigenvalue weighted by Gasteiger charge is 2.18. The Morgan fingerprint density at radius 3 is 2.62 bits per heavy atom. The van der Waals surface area contributed by atoms with Crippen LogP contribution in [-0.4, -0.2) is 43.5 Å². The van der Waals surface area contributed by atoms with Gasteiger partial charge in [-0.25, -0.2) is 4.39 Å². The first-order chi connectivity index (χ1) is 12.5. The number of halogens is 2. The van der Waals surface area contributed by atoms with Crippen molar-refractivity contribution in [2.24, 2.45) is 0 Å². The zero-order valence-corrected chi connectivity index (χ0v) is 15.6. The van der Waals surface area contributed by atoms with Gasteiger partial charge in [0.1, 0.15) is 5.82 Å². The van der Waals surface area contributed by atoms with Crippen molar-refractivity contribution in [3.05, 3.63) is 58.9 Å². The Morgan fingerprint density at radius 1 is 1.12 bits per heavy atom. The molecule has 26 heavy (non-hydrogen) atoms. The number of anilines is 2. The molecule has 0 bridgehead atoms. The molecule has 0 aliphatic carbocycles. The molecule has 2 aromatic rings. The topological polar surface area (TPSA) is 35.6 Å². The molecule has 1 aliphatic heterocycles. The minimum absolute atomic E-state index is 0.0639. The standard InChI is InChI=1S/C20H23ClFN3O/c1-15-3-8-19(18(21)13-15)23-20(26)14-24-9-2-10-25(12-11-24)17-6-4-16(22)5-7-17/h3-8,13H,2,9-12,14H2,1H3,(H,23,26). The lowest BCUT2D eigenvalue weighted by atomic mass is 10.2. The van der Waals surface area contributed by atoms with Crippen LogP contribution in [0.4, 0.5) is 15.8 Å². The number of aryl methyl sites for hydroxylation is 1. The van der Waals surface area contributed by atoms with Gasteiger partial charge >= 0.3 is 0 Å². The maximum absolute atomic E-state index is 13.1. The van der Waals surface area contributed by atoms with E-state index in [0.29, 0.717) is 17.3 Å². The summed E-state index contributed by atoms with van der Waals surface area (Å²) in [6, 6.07) is 12.2. The predicted octanol–water partition coefficient (Wildman–Crippen LogP) is 3.94. The zero-order valence-electron chi connectivity index (χ0n) is 14.8. The molecule has 1 amide bonds. The van der Waals surface area contributed by atoms with Crippen molar-refractivity contribution in [1.82, 2.24) is 4.90 Å². The van der Waals surface area contributed by atoms with E-state index in [1.54, 1.807) is 12.1 Å². The highest BCUT2D eigenvalue weighted by Crippen LogP contribution is 2.23. The molecule has 0 aromatic heterocycles. The maximum Gasteiger partial charge on any atom is 0.238 e. The summed E-state index contributed by atoms with van der Waals surface area (Å²) in [6.07, 6.45) is 0.954. The predicted molar refractivity (Wildman–Crippen MR) is 104 cm³/mol. The van der Waals surface area contributed by atoms with Crippen LogP contribution < -0.4 is 10.2 Å². The summed E-state index contributed by atoms with van der Waals surface area (Å²) in [4.78, 5) is 16.7. The molecule has 0 atom stereocenters. The SMILES string of the molecule is Cc1ccc(NC(=O)CN2CCCN(c3ccc(F)cc3)CC2)c(Cl)c1. The second-order valence-corrected chi connectivity index (χ2v) is 7.03. The van der Waals surface area contributed by atoms with Crippen molar-refractivity contribution in [2.75, 3.05) is 42.9 Å². The van der Waals surface area contributed by atoms with E-state index >= 15 is 0 Å². The molecular weight excluding hydrogens is 353 g/mol. The second kappa shape index (κ2) is 8.52. The fourth-order valence-electron chi connectivity index (χ4n) is 3.15. The first-order valence-corrected chi connectivity index (χ1v) is 9.18. The van der Waals surface area contributed by atoms with E-state index in [1.807, 2.05) is 25.1 Å². The minimum Gasteiger partial charge on any atom is -0.370 e. The van der Waals surface area contributed by atoms with Gasteiger partial charge in [-0.1, -0.05) is 17.7 Å². The molecule has 3 rings (SSSR count). The minimum atomic E-state index is -0.225. The van der Waals surface area contributed by atoms with Gasteiger partial charge in [-0.2, -0.15) is 0 Å². The van der Waals surface area contributed by atoms with Crippen LogP contribution in [0, 0.1) is 12.7 Å². The molecule has 0 spiro atoms. The third-order valence-electron chi connectivity index (χ3n) is 4.55. The van der Waals surface area contributed by atoms with Gasteiger partial charge in [-0.05, 0) is 55.3 Å². The van der Waals surface area contributed by atoms with Crippen molar-refractivity contribution in [2.45, 2.75) is 13.3 Å². The van der Waals surface area contributed by atoms with Crippen LogP contribution in [-0.2, 0) is 4.79 Å². The van der Waals surface area contributed by atoms with Crippen LogP contribution in [0.3, 0.4) is 0 Å². The summed E-state index contributed by atoms with van der Waals surface area (Å²) in [5, 5.41) is 3.44. The zero-order chi connectivity index (χ0) is 18.5. The Morgan fingerprint density at radius 2 is 1.88 bits per heavy atom. The summed E-state index contributed by atoms with van der Waals surface area (Å²) in [7, 11) is 0. The molecular formula is C20H23ClFN3O. The fourth-order valence-corrected chi connectivity index (χ4v) is 3.44. The van der Waals surface area contributed by atoms with Crippen molar-refractivity contribution in [3.63, 3.8) is 0 Å². The Labute approximate surface area is 158 Å². The Bertz CT molecular complexity index is 766. The Kier molecular flexibility index (Phi) is 6.12. The molecule has 2 aromatic carbocycles. The number of hydrogen-bond acceptors (Lipinski definition) is 3. The summed E-state index contributed by atoms with van der Waals surface area (Å²) in [5.41, 5.74) is 2.72. The molecule has 4 nitrogen and oxygen atoms in total. The molecule has 1 heterocycles. The van der Waals surface area contributed by atoms with Gasteiger partial charge in [0.15, 0.2) is 0 Å². The van der Waals surface area contributed by atoms with E-state index in [1.165, 1.54) is 12.1 Å². The van der Waals surface area contributed by atoms with Crippen LogP contribution in [0.15, 0.2) is 42.5 Å². The van der Waals surface area contributed by atoms with Crippen LogP contribution >= 0.6 is 11.6 Å². The van der Waals surface area contributed by atoms with Crippen molar-refractivity contribution in [3.8, 4) is 0 Å². The van der Waals surface area contributed by atoms with Crippen LogP contribution in [0.5, 0.6) is 0 Å². The number of nitrogens with zero attached hydrogens (tertiary/aromatic N) is 2. The number of carbonyl (C=O) groups is 1. The monoisotopic (exact) mass is 375 g/mol. The van der Waals surface area contributed by atoms with E-state index in [0.717, 1.165) is 43.9 Å². The number of benzene rings is 2. The first kappa shape index (κ1) is 18.7. The van der Waals surface area contributed by atoms with E-state index in [-0.39, 0.29) is 11.7 Å². The quantitative estimate of drug-likeness (QED) is 0.879. The highest BCUT2D eigenvalue weighted by molar-refractivity contribution is 6.33. The molecule has 0 radical (unpaired) electrons. The van der Waals surface area contributed by atoms with Crippen molar-refractivity contribution < 1.29 is 9.18 Å². The van der Waals surface area contributed by atoms with Crippen LogP contribution in [0.2, 0.25) is 5.02 Å². The lowest BCUT2D eigenvalue weighted by Crippen LogP contribution is -2.36. The summed E-state index contributed by atoms with van der Waals surface area (Å²) >= 11 is 6.18. The third kappa shape index (κ3) is 4.96. The third-order valence-corrected chi connectivity index (χ3v) is 4.86. The van der Waals surface area contributed by atoms with E-state index in [4.69, 9.17) is 11.6 Å². The van der Waals surface area contributed by atoms with Gasteiger partial charge in [0.05, 0.1) is 17.3 Å². The number of hydrogen-bond donors (Lipinski definition) is 1. The van der Waals surface area contributed by atoms with Crippen LogP contribution in [0.1, 0.15) is 12.0 Å². The first-order valence-electron chi connectivity index (χ1n) is 8.80.